The third-order valence-corrected chi connectivity index (χ3v) is 3.27. The van der Waals surface area contributed by atoms with Gasteiger partial charge in [-0.3, -0.25) is 4.57 Å². The zero-order chi connectivity index (χ0) is 13.1. The molecule has 0 spiro atoms. The lowest BCUT2D eigenvalue weighted by molar-refractivity contribution is 0.513. The highest BCUT2D eigenvalue weighted by molar-refractivity contribution is 5.73. The van der Waals surface area contributed by atoms with E-state index in [1.54, 1.807) is 7.05 Å². The molecule has 2 rings (SSSR count). The van der Waals surface area contributed by atoms with Crippen LogP contribution in [0.2, 0.25) is 0 Å². The van der Waals surface area contributed by atoms with Crippen molar-refractivity contribution in [1.82, 2.24) is 9.88 Å². The molecular weight excluding hydrogens is 228 g/mol. The SMILES string of the molecule is CCCNC(CC)c1ccc2c(c1)oc(=O)n2C. The summed E-state index contributed by atoms with van der Waals surface area (Å²) in [5, 5.41) is 3.49. The summed E-state index contributed by atoms with van der Waals surface area (Å²) in [6, 6.07) is 6.30. The van der Waals surface area contributed by atoms with Gasteiger partial charge < -0.3 is 9.73 Å². The molecule has 1 aromatic heterocycles. The van der Waals surface area contributed by atoms with E-state index >= 15 is 0 Å². The summed E-state index contributed by atoms with van der Waals surface area (Å²) in [6.07, 6.45) is 2.13. The largest absolute Gasteiger partial charge is 0.419 e. The van der Waals surface area contributed by atoms with Crippen molar-refractivity contribution >= 4 is 11.1 Å². The molecule has 1 atom stereocenters. The molecule has 4 nitrogen and oxygen atoms in total. The zero-order valence-corrected chi connectivity index (χ0v) is 11.2. The Morgan fingerprint density at radius 1 is 1.39 bits per heavy atom. The summed E-state index contributed by atoms with van der Waals surface area (Å²) in [6.45, 7) is 5.30. The maximum absolute atomic E-state index is 11.4. The van der Waals surface area contributed by atoms with Gasteiger partial charge in [0.25, 0.3) is 0 Å². The van der Waals surface area contributed by atoms with Crippen LogP contribution < -0.4 is 11.1 Å². The lowest BCUT2D eigenvalue weighted by atomic mass is 10.0. The van der Waals surface area contributed by atoms with Crippen molar-refractivity contribution in [1.29, 1.82) is 0 Å². The quantitative estimate of drug-likeness (QED) is 0.884. The summed E-state index contributed by atoms with van der Waals surface area (Å²) in [5.74, 6) is -0.309. The Morgan fingerprint density at radius 2 is 2.17 bits per heavy atom. The summed E-state index contributed by atoms with van der Waals surface area (Å²) >= 11 is 0. The minimum Gasteiger partial charge on any atom is -0.408 e. The minimum absolute atomic E-state index is 0.309. The first kappa shape index (κ1) is 12.9. The van der Waals surface area contributed by atoms with Crippen LogP contribution in [0.15, 0.2) is 27.4 Å². The molecule has 4 heteroatoms. The van der Waals surface area contributed by atoms with E-state index in [0.717, 1.165) is 24.9 Å². The second kappa shape index (κ2) is 5.40. The number of rotatable bonds is 5. The fraction of sp³-hybridized carbons (Fsp3) is 0.500. The Kier molecular flexibility index (Phi) is 3.87. The Balaban J connectivity index is 2.36. The average molecular weight is 248 g/mol. The monoisotopic (exact) mass is 248 g/mol. The number of fused-ring (bicyclic) bond motifs is 1. The van der Waals surface area contributed by atoms with Crippen LogP contribution in [0.4, 0.5) is 0 Å². The van der Waals surface area contributed by atoms with Gasteiger partial charge in [-0.25, -0.2) is 4.79 Å². The molecule has 0 fully saturated rings. The second-order valence-electron chi connectivity index (χ2n) is 4.57. The van der Waals surface area contributed by atoms with Crippen LogP contribution in [0, 0.1) is 0 Å². The lowest BCUT2D eigenvalue weighted by Crippen LogP contribution is -2.21. The van der Waals surface area contributed by atoms with E-state index in [1.807, 2.05) is 12.1 Å². The molecule has 0 bridgehead atoms. The molecule has 1 aromatic carbocycles. The van der Waals surface area contributed by atoms with E-state index in [0.29, 0.717) is 11.6 Å². The van der Waals surface area contributed by atoms with Gasteiger partial charge in [0.1, 0.15) is 0 Å². The third-order valence-electron chi connectivity index (χ3n) is 3.27. The number of hydrogen-bond acceptors (Lipinski definition) is 3. The van der Waals surface area contributed by atoms with Crippen LogP contribution >= 0.6 is 0 Å². The number of benzene rings is 1. The molecule has 1 N–H and O–H groups in total. The summed E-state index contributed by atoms with van der Waals surface area (Å²) in [7, 11) is 1.72. The van der Waals surface area contributed by atoms with Gasteiger partial charge in [-0.1, -0.05) is 19.9 Å². The van der Waals surface area contributed by atoms with E-state index < -0.39 is 0 Å². The molecular formula is C14H20N2O2. The molecule has 0 radical (unpaired) electrons. The van der Waals surface area contributed by atoms with Crippen LogP contribution in [-0.2, 0) is 7.05 Å². The Morgan fingerprint density at radius 3 is 2.83 bits per heavy atom. The number of oxazole rings is 1. The predicted molar refractivity (Wildman–Crippen MR) is 72.8 cm³/mol. The molecule has 2 aromatic rings. The third kappa shape index (κ3) is 2.34. The van der Waals surface area contributed by atoms with Crippen LogP contribution in [0.5, 0.6) is 0 Å². The Hall–Kier alpha value is -1.55. The first-order valence-electron chi connectivity index (χ1n) is 6.50. The van der Waals surface area contributed by atoms with Gasteiger partial charge in [0.05, 0.1) is 5.52 Å². The van der Waals surface area contributed by atoms with Crippen molar-refractivity contribution < 1.29 is 4.42 Å². The molecule has 98 valence electrons. The highest BCUT2D eigenvalue weighted by atomic mass is 16.4. The van der Waals surface area contributed by atoms with Gasteiger partial charge in [0, 0.05) is 13.1 Å². The first-order valence-corrected chi connectivity index (χ1v) is 6.50. The van der Waals surface area contributed by atoms with E-state index in [9.17, 15) is 4.79 Å². The van der Waals surface area contributed by atoms with Gasteiger partial charge >= 0.3 is 5.76 Å². The smallest absolute Gasteiger partial charge is 0.408 e. The van der Waals surface area contributed by atoms with Crippen LogP contribution in [0.25, 0.3) is 11.1 Å². The standard InChI is InChI=1S/C14H20N2O2/c1-4-8-15-11(5-2)10-6-7-12-13(9-10)18-14(17)16(12)3/h6-7,9,11,15H,4-5,8H2,1-3H3. The van der Waals surface area contributed by atoms with Gasteiger partial charge in [0.15, 0.2) is 5.58 Å². The van der Waals surface area contributed by atoms with Gasteiger partial charge in [-0.2, -0.15) is 0 Å². The summed E-state index contributed by atoms with van der Waals surface area (Å²) in [5.41, 5.74) is 2.68. The Bertz CT molecular complexity index is 583. The Labute approximate surface area is 107 Å². The van der Waals surface area contributed by atoms with Crippen LogP contribution in [-0.4, -0.2) is 11.1 Å². The molecule has 0 aliphatic rings. The molecule has 1 unspecified atom stereocenters. The lowest BCUT2D eigenvalue weighted by Gasteiger charge is -2.16. The fourth-order valence-corrected chi connectivity index (χ4v) is 2.18. The van der Waals surface area contributed by atoms with E-state index in [2.05, 4.69) is 25.2 Å². The minimum atomic E-state index is -0.309. The molecule has 1 heterocycles. The topological polar surface area (TPSA) is 47.2 Å². The number of nitrogens with one attached hydrogen (secondary N) is 1. The average Bonchev–Trinajstić information content (AvgIpc) is 2.66. The van der Waals surface area contributed by atoms with Gasteiger partial charge in [0.2, 0.25) is 0 Å². The van der Waals surface area contributed by atoms with E-state index in [4.69, 9.17) is 4.42 Å². The van der Waals surface area contributed by atoms with Crippen molar-refractivity contribution in [2.75, 3.05) is 6.54 Å². The zero-order valence-electron chi connectivity index (χ0n) is 11.2. The maximum Gasteiger partial charge on any atom is 0.419 e. The van der Waals surface area contributed by atoms with Crippen molar-refractivity contribution in [2.45, 2.75) is 32.7 Å². The van der Waals surface area contributed by atoms with Crippen molar-refractivity contribution in [2.24, 2.45) is 7.05 Å². The van der Waals surface area contributed by atoms with Crippen molar-refractivity contribution in [3.8, 4) is 0 Å². The highest BCUT2D eigenvalue weighted by Crippen LogP contribution is 2.21. The van der Waals surface area contributed by atoms with Crippen LogP contribution in [0.3, 0.4) is 0 Å². The second-order valence-corrected chi connectivity index (χ2v) is 4.57. The number of aromatic nitrogens is 1. The molecule has 0 saturated carbocycles. The van der Waals surface area contributed by atoms with Crippen molar-refractivity contribution in [3.05, 3.63) is 34.3 Å². The van der Waals surface area contributed by atoms with Crippen LogP contribution in [0.1, 0.15) is 38.3 Å². The summed E-state index contributed by atoms with van der Waals surface area (Å²) in [4.78, 5) is 11.4. The fourth-order valence-electron chi connectivity index (χ4n) is 2.18. The highest BCUT2D eigenvalue weighted by Gasteiger charge is 2.11. The molecule has 18 heavy (non-hydrogen) atoms. The van der Waals surface area contributed by atoms with E-state index in [1.165, 1.54) is 10.1 Å². The number of aryl methyl sites for hydroxylation is 1. The molecule has 0 aliphatic heterocycles. The number of hydrogen-bond donors (Lipinski definition) is 1. The van der Waals surface area contributed by atoms with Gasteiger partial charge in [-0.05, 0) is 37.1 Å². The summed E-state index contributed by atoms with van der Waals surface area (Å²) < 4.78 is 6.75. The molecule has 0 saturated heterocycles. The van der Waals surface area contributed by atoms with E-state index in [-0.39, 0.29) is 5.76 Å². The predicted octanol–water partition coefficient (Wildman–Crippen LogP) is 2.58. The van der Waals surface area contributed by atoms with Gasteiger partial charge in [-0.15, -0.1) is 0 Å². The molecule has 0 aliphatic carbocycles. The molecule has 0 amide bonds. The van der Waals surface area contributed by atoms with Crippen molar-refractivity contribution in [3.63, 3.8) is 0 Å². The number of nitrogens with zero attached hydrogens (tertiary/aromatic N) is 1. The normalized spacial score (nSPS) is 13.1. The first-order chi connectivity index (χ1) is 8.67. The maximum atomic E-state index is 11.4.